The quantitative estimate of drug-likeness (QED) is 0.732. The van der Waals surface area contributed by atoms with E-state index in [0.717, 1.165) is 28.3 Å². The van der Waals surface area contributed by atoms with E-state index in [4.69, 9.17) is 0 Å². The van der Waals surface area contributed by atoms with Gasteiger partial charge in [-0.1, -0.05) is 42.0 Å². The van der Waals surface area contributed by atoms with Crippen LogP contribution >= 0.6 is 0 Å². The summed E-state index contributed by atoms with van der Waals surface area (Å²) in [4.78, 5) is 4.67. The zero-order valence-corrected chi connectivity index (χ0v) is 11.2. The van der Waals surface area contributed by atoms with Crippen molar-refractivity contribution in [3.05, 3.63) is 65.5 Å². The largest absolute Gasteiger partial charge is 0.300 e. The zero-order valence-electron chi connectivity index (χ0n) is 11.2. The van der Waals surface area contributed by atoms with Crippen LogP contribution in [-0.4, -0.2) is 15.4 Å². The van der Waals surface area contributed by atoms with Crippen molar-refractivity contribution in [1.82, 2.24) is 15.0 Å². The Hall–Kier alpha value is -2.62. The number of benzene rings is 2. The molecule has 0 aliphatic carbocycles. The van der Waals surface area contributed by atoms with E-state index in [1.54, 1.807) is 0 Å². The molecule has 1 N–H and O–H groups in total. The second-order valence-corrected chi connectivity index (χ2v) is 4.99. The van der Waals surface area contributed by atoms with Gasteiger partial charge in [0.15, 0.2) is 5.84 Å². The van der Waals surface area contributed by atoms with Crippen molar-refractivity contribution in [2.75, 3.05) is 0 Å². The summed E-state index contributed by atoms with van der Waals surface area (Å²) >= 11 is 0. The average Bonchev–Trinajstić information content (AvgIpc) is 2.86. The molecule has 1 aliphatic heterocycles. The molecule has 0 atom stereocenters. The van der Waals surface area contributed by atoms with Crippen molar-refractivity contribution in [2.24, 2.45) is 5.10 Å². The average molecular weight is 262 g/mol. The van der Waals surface area contributed by atoms with Crippen LogP contribution < -0.4 is 5.43 Å². The van der Waals surface area contributed by atoms with E-state index in [2.05, 4.69) is 57.3 Å². The van der Waals surface area contributed by atoms with Gasteiger partial charge in [0.2, 0.25) is 0 Å². The van der Waals surface area contributed by atoms with Crippen LogP contribution in [0.1, 0.15) is 17.0 Å². The van der Waals surface area contributed by atoms with Crippen molar-refractivity contribution < 1.29 is 0 Å². The van der Waals surface area contributed by atoms with Gasteiger partial charge < -0.3 is 5.43 Å². The molecule has 0 unspecified atom stereocenters. The second-order valence-electron chi connectivity index (χ2n) is 4.99. The number of para-hydroxylation sites is 2. The third-order valence-electron chi connectivity index (χ3n) is 3.57. The van der Waals surface area contributed by atoms with E-state index in [1.807, 2.05) is 18.2 Å². The first-order valence-corrected chi connectivity index (χ1v) is 6.67. The molecule has 0 bridgehead atoms. The lowest BCUT2D eigenvalue weighted by Gasteiger charge is -2.17. The van der Waals surface area contributed by atoms with Gasteiger partial charge in [0.05, 0.1) is 17.6 Å². The second kappa shape index (κ2) is 4.20. The van der Waals surface area contributed by atoms with Crippen molar-refractivity contribution in [1.29, 1.82) is 0 Å². The summed E-state index contributed by atoms with van der Waals surface area (Å²) in [5.41, 5.74) is 7.51. The minimum Gasteiger partial charge on any atom is -0.300 e. The fourth-order valence-corrected chi connectivity index (χ4v) is 2.56. The Labute approximate surface area is 116 Å². The summed E-state index contributed by atoms with van der Waals surface area (Å²) in [7, 11) is 0. The molecule has 0 saturated carbocycles. The summed E-state index contributed by atoms with van der Waals surface area (Å²) < 4.78 is 2.14. The molecule has 4 nitrogen and oxygen atoms in total. The predicted octanol–water partition coefficient (Wildman–Crippen LogP) is 2.66. The third-order valence-corrected chi connectivity index (χ3v) is 3.57. The molecule has 0 spiro atoms. The Morgan fingerprint density at radius 3 is 2.70 bits per heavy atom. The lowest BCUT2D eigenvalue weighted by Crippen LogP contribution is -2.27. The summed E-state index contributed by atoms with van der Waals surface area (Å²) in [6, 6.07) is 16.6. The third kappa shape index (κ3) is 1.61. The number of aromatic nitrogens is 2. The molecule has 2 aromatic carbocycles. The van der Waals surface area contributed by atoms with E-state index < -0.39 is 0 Å². The lowest BCUT2D eigenvalue weighted by atomic mass is 10.1. The maximum Gasteiger partial charge on any atom is 0.165 e. The van der Waals surface area contributed by atoms with Crippen molar-refractivity contribution in [3.63, 3.8) is 0 Å². The summed E-state index contributed by atoms with van der Waals surface area (Å²) in [6.45, 7) is 2.74. The van der Waals surface area contributed by atoms with Gasteiger partial charge in [0, 0.05) is 5.56 Å². The Morgan fingerprint density at radius 2 is 1.85 bits per heavy atom. The number of hydrogen-bond donors (Lipinski definition) is 1. The standard InChI is InChI=1S/C16H14N4/c1-11-6-8-12(9-7-11)16-19-17-10-15-18-13-4-2-3-5-14(13)20(15)16/h2-9,17H,10H2,1H3. The number of imidazole rings is 1. The van der Waals surface area contributed by atoms with Gasteiger partial charge in [-0.05, 0) is 19.1 Å². The maximum atomic E-state index is 4.67. The van der Waals surface area contributed by atoms with Gasteiger partial charge in [-0.3, -0.25) is 4.57 Å². The molecule has 1 aliphatic rings. The number of rotatable bonds is 1. The van der Waals surface area contributed by atoms with Crippen LogP contribution in [0.5, 0.6) is 0 Å². The van der Waals surface area contributed by atoms with E-state index in [0.29, 0.717) is 6.54 Å². The minimum absolute atomic E-state index is 0.657. The number of aryl methyl sites for hydroxylation is 1. The van der Waals surface area contributed by atoms with Gasteiger partial charge in [-0.15, -0.1) is 0 Å². The molecular weight excluding hydrogens is 248 g/mol. The monoisotopic (exact) mass is 262 g/mol. The van der Waals surface area contributed by atoms with Crippen LogP contribution in [-0.2, 0) is 6.54 Å². The molecule has 0 saturated heterocycles. The van der Waals surface area contributed by atoms with Gasteiger partial charge in [0.25, 0.3) is 0 Å². The van der Waals surface area contributed by atoms with E-state index in [1.165, 1.54) is 5.56 Å². The van der Waals surface area contributed by atoms with Crippen molar-refractivity contribution in [2.45, 2.75) is 13.5 Å². The van der Waals surface area contributed by atoms with Crippen LogP contribution in [0.4, 0.5) is 0 Å². The van der Waals surface area contributed by atoms with Gasteiger partial charge in [0.1, 0.15) is 5.82 Å². The van der Waals surface area contributed by atoms with Crippen molar-refractivity contribution in [3.8, 4) is 0 Å². The summed E-state index contributed by atoms with van der Waals surface area (Å²) in [5, 5.41) is 4.48. The topological polar surface area (TPSA) is 42.2 Å². The molecule has 0 amide bonds. The molecule has 2 heterocycles. The Bertz CT molecular complexity index is 812. The first kappa shape index (κ1) is 11.2. The van der Waals surface area contributed by atoms with Gasteiger partial charge >= 0.3 is 0 Å². The highest BCUT2D eigenvalue weighted by Gasteiger charge is 2.19. The predicted molar refractivity (Wildman–Crippen MR) is 79.7 cm³/mol. The highest BCUT2D eigenvalue weighted by atomic mass is 15.4. The maximum absolute atomic E-state index is 4.67. The summed E-state index contributed by atoms with van der Waals surface area (Å²) in [5.74, 6) is 1.90. The van der Waals surface area contributed by atoms with E-state index in [9.17, 15) is 0 Å². The minimum atomic E-state index is 0.657. The van der Waals surface area contributed by atoms with Gasteiger partial charge in [-0.25, -0.2) is 4.98 Å². The first-order valence-electron chi connectivity index (χ1n) is 6.67. The smallest absolute Gasteiger partial charge is 0.165 e. The highest BCUT2D eigenvalue weighted by molar-refractivity contribution is 6.05. The molecule has 0 fully saturated rings. The van der Waals surface area contributed by atoms with E-state index >= 15 is 0 Å². The fraction of sp³-hybridized carbons (Fsp3) is 0.125. The Balaban J connectivity index is 1.95. The zero-order chi connectivity index (χ0) is 13.5. The molecule has 98 valence electrons. The van der Waals surface area contributed by atoms with Crippen LogP contribution in [0.2, 0.25) is 0 Å². The van der Waals surface area contributed by atoms with Crippen LogP contribution in [0.25, 0.3) is 11.0 Å². The molecule has 4 rings (SSSR count). The normalized spacial score (nSPS) is 13.8. The number of nitrogens with zero attached hydrogens (tertiary/aromatic N) is 3. The number of nitrogens with one attached hydrogen (secondary N) is 1. The number of hydrogen-bond acceptors (Lipinski definition) is 3. The fourth-order valence-electron chi connectivity index (χ4n) is 2.56. The highest BCUT2D eigenvalue weighted by Crippen LogP contribution is 2.20. The Morgan fingerprint density at radius 1 is 1.05 bits per heavy atom. The molecular formula is C16H14N4. The van der Waals surface area contributed by atoms with Crippen molar-refractivity contribution >= 4 is 16.9 Å². The SMILES string of the molecule is Cc1ccc(C2=NNCc3nc4ccccc4n32)cc1. The first-order chi connectivity index (χ1) is 9.83. The van der Waals surface area contributed by atoms with Crippen LogP contribution in [0.3, 0.4) is 0 Å². The molecule has 0 radical (unpaired) electrons. The molecule has 3 aromatic rings. The lowest BCUT2D eigenvalue weighted by molar-refractivity contribution is 0.668. The summed E-state index contributed by atoms with van der Waals surface area (Å²) in [6.07, 6.45) is 0. The van der Waals surface area contributed by atoms with E-state index in [-0.39, 0.29) is 0 Å². The van der Waals surface area contributed by atoms with Crippen LogP contribution in [0, 0.1) is 6.92 Å². The Kier molecular flexibility index (Phi) is 2.36. The number of fused-ring (bicyclic) bond motifs is 3. The molecule has 20 heavy (non-hydrogen) atoms. The van der Waals surface area contributed by atoms with Crippen LogP contribution in [0.15, 0.2) is 53.6 Å². The van der Waals surface area contributed by atoms with Gasteiger partial charge in [-0.2, -0.15) is 5.10 Å². The molecule has 4 heteroatoms. The molecule has 1 aromatic heterocycles. The number of hydrazone groups is 1.